The second-order valence-electron chi connectivity index (χ2n) is 6.29. The highest BCUT2D eigenvalue weighted by molar-refractivity contribution is 6.31. The number of hydrogen-bond donors (Lipinski definition) is 0. The van der Waals surface area contributed by atoms with E-state index in [0.29, 0.717) is 6.61 Å². The van der Waals surface area contributed by atoms with Gasteiger partial charge < -0.3 is 9.64 Å². The minimum Gasteiger partial charge on any atom is -0.371 e. The van der Waals surface area contributed by atoms with Gasteiger partial charge in [0.1, 0.15) is 6.61 Å². The van der Waals surface area contributed by atoms with Gasteiger partial charge in [0.05, 0.1) is 6.61 Å². The second-order valence-corrected chi connectivity index (χ2v) is 6.70. The van der Waals surface area contributed by atoms with E-state index in [2.05, 4.69) is 11.0 Å². The third-order valence-corrected chi connectivity index (χ3v) is 4.87. The molecule has 0 radical (unpaired) electrons. The highest BCUT2D eigenvalue weighted by Crippen LogP contribution is 2.34. The van der Waals surface area contributed by atoms with Crippen LogP contribution in [0.3, 0.4) is 0 Å². The molecule has 4 nitrogen and oxygen atoms in total. The highest BCUT2D eigenvalue weighted by atomic mass is 35.5. The van der Waals surface area contributed by atoms with Crippen molar-refractivity contribution in [1.82, 2.24) is 9.80 Å². The molecule has 0 N–H and O–H groups in total. The Morgan fingerprint density at radius 3 is 2.95 bits per heavy atom. The maximum atomic E-state index is 11.7. The van der Waals surface area contributed by atoms with Crippen LogP contribution in [0.25, 0.3) is 0 Å². The molecule has 1 spiro atoms. The molecular weight excluding hydrogens is 288 g/mol. The Bertz CT molecular complexity index is 537. The first-order chi connectivity index (χ1) is 10.1. The van der Waals surface area contributed by atoms with E-state index in [1.165, 1.54) is 0 Å². The fraction of sp³-hybridized carbons (Fsp3) is 0.562. The lowest BCUT2D eigenvalue weighted by molar-refractivity contribution is -0.132. The average Bonchev–Trinajstić information content (AvgIpc) is 2.77. The summed E-state index contributed by atoms with van der Waals surface area (Å²) < 4.78 is 5.59. The first kappa shape index (κ1) is 14.8. The zero-order chi connectivity index (χ0) is 14.9. The fourth-order valence-electron chi connectivity index (χ4n) is 3.38. The Kier molecular flexibility index (Phi) is 4.20. The van der Waals surface area contributed by atoms with E-state index in [1.54, 1.807) is 0 Å². The molecule has 0 aliphatic carbocycles. The van der Waals surface area contributed by atoms with Gasteiger partial charge in [0, 0.05) is 37.1 Å². The lowest BCUT2D eigenvalue weighted by Crippen LogP contribution is -2.40. The SMILES string of the molecule is CN1CC2(CCN(Cc3ccccc3Cl)C2)COCC1=O. The van der Waals surface area contributed by atoms with Gasteiger partial charge in [-0.15, -0.1) is 0 Å². The number of carbonyl (C=O) groups excluding carboxylic acids is 1. The van der Waals surface area contributed by atoms with Crippen molar-refractivity contribution in [3.8, 4) is 0 Å². The van der Waals surface area contributed by atoms with Crippen LogP contribution >= 0.6 is 11.6 Å². The molecule has 2 heterocycles. The molecule has 2 aliphatic heterocycles. The first-order valence-electron chi connectivity index (χ1n) is 7.35. The summed E-state index contributed by atoms with van der Waals surface area (Å²) in [6.45, 7) is 4.50. The molecular formula is C16H21ClN2O2. The van der Waals surface area contributed by atoms with Gasteiger partial charge in [-0.25, -0.2) is 0 Å². The molecule has 114 valence electrons. The molecule has 1 atom stereocenters. The normalized spacial score (nSPS) is 27.3. The number of carbonyl (C=O) groups is 1. The summed E-state index contributed by atoms with van der Waals surface area (Å²) in [5, 5.41) is 0.822. The van der Waals surface area contributed by atoms with E-state index in [9.17, 15) is 4.79 Å². The maximum Gasteiger partial charge on any atom is 0.248 e. The summed E-state index contributed by atoms with van der Waals surface area (Å²) in [6.07, 6.45) is 1.06. The molecule has 2 aliphatic rings. The quantitative estimate of drug-likeness (QED) is 0.838. The molecule has 21 heavy (non-hydrogen) atoms. The second kappa shape index (κ2) is 5.95. The van der Waals surface area contributed by atoms with Crippen molar-refractivity contribution in [3.05, 3.63) is 34.9 Å². The molecule has 0 saturated carbocycles. The monoisotopic (exact) mass is 308 g/mol. The van der Waals surface area contributed by atoms with Crippen LogP contribution in [0, 0.1) is 5.41 Å². The predicted octanol–water partition coefficient (Wildman–Crippen LogP) is 2.02. The number of likely N-dealkylation sites (N-methyl/N-ethyl adjacent to an activating group) is 1. The number of halogens is 1. The Labute approximate surface area is 130 Å². The molecule has 0 bridgehead atoms. The van der Waals surface area contributed by atoms with Gasteiger partial charge in [-0.05, 0) is 24.6 Å². The summed E-state index contributed by atoms with van der Waals surface area (Å²) >= 11 is 6.24. The van der Waals surface area contributed by atoms with Crippen LogP contribution < -0.4 is 0 Å². The maximum absolute atomic E-state index is 11.7. The van der Waals surface area contributed by atoms with Crippen molar-refractivity contribution in [2.24, 2.45) is 5.41 Å². The summed E-state index contributed by atoms with van der Waals surface area (Å²) in [6, 6.07) is 7.99. The number of hydrogen-bond acceptors (Lipinski definition) is 3. The van der Waals surface area contributed by atoms with Crippen LogP contribution in [-0.4, -0.2) is 55.6 Å². The summed E-state index contributed by atoms with van der Waals surface area (Å²) in [5.41, 5.74) is 1.23. The van der Waals surface area contributed by atoms with Crippen LogP contribution in [0.4, 0.5) is 0 Å². The van der Waals surface area contributed by atoms with Gasteiger partial charge in [0.15, 0.2) is 0 Å². The van der Waals surface area contributed by atoms with E-state index in [4.69, 9.17) is 16.3 Å². The van der Waals surface area contributed by atoms with E-state index in [-0.39, 0.29) is 17.9 Å². The van der Waals surface area contributed by atoms with Crippen molar-refractivity contribution in [3.63, 3.8) is 0 Å². The molecule has 1 aromatic carbocycles. The van der Waals surface area contributed by atoms with Gasteiger partial charge in [-0.1, -0.05) is 29.8 Å². The smallest absolute Gasteiger partial charge is 0.248 e. The van der Waals surface area contributed by atoms with Gasteiger partial charge >= 0.3 is 0 Å². The van der Waals surface area contributed by atoms with Crippen molar-refractivity contribution < 1.29 is 9.53 Å². The number of nitrogens with zero attached hydrogens (tertiary/aromatic N) is 2. The summed E-state index contributed by atoms with van der Waals surface area (Å²) in [4.78, 5) is 16.0. The molecule has 2 saturated heterocycles. The van der Waals surface area contributed by atoms with E-state index in [1.807, 2.05) is 30.1 Å². The number of rotatable bonds is 2. The average molecular weight is 309 g/mol. The zero-order valence-corrected chi connectivity index (χ0v) is 13.1. The van der Waals surface area contributed by atoms with Crippen LogP contribution in [0.5, 0.6) is 0 Å². The molecule has 2 fully saturated rings. The topological polar surface area (TPSA) is 32.8 Å². The number of likely N-dealkylation sites (tertiary alicyclic amines) is 1. The van der Waals surface area contributed by atoms with Crippen molar-refractivity contribution in [1.29, 1.82) is 0 Å². The molecule has 3 rings (SSSR count). The number of amides is 1. The van der Waals surface area contributed by atoms with Crippen LogP contribution in [0.15, 0.2) is 24.3 Å². The Morgan fingerprint density at radius 2 is 2.14 bits per heavy atom. The van der Waals surface area contributed by atoms with E-state index in [0.717, 1.165) is 43.2 Å². The van der Waals surface area contributed by atoms with Gasteiger partial charge in [0.2, 0.25) is 5.91 Å². The van der Waals surface area contributed by atoms with Gasteiger partial charge in [0.25, 0.3) is 0 Å². The Morgan fingerprint density at radius 1 is 1.33 bits per heavy atom. The lowest BCUT2D eigenvalue weighted by atomic mass is 9.88. The highest BCUT2D eigenvalue weighted by Gasteiger charge is 2.41. The number of benzene rings is 1. The largest absolute Gasteiger partial charge is 0.371 e. The van der Waals surface area contributed by atoms with Crippen LogP contribution in [0.1, 0.15) is 12.0 Å². The van der Waals surface area contributed by atoms with Crippen molar-refractivity contribution in [2.45, 2.75) is 13.0 Å². The van der Waals surface area contributed by atoms with E-state index >= 15 is 0 Å². The fourth-order valence-corrected chi connectivity index (χ4v) is 3.57. The lowest BCUT2D eigenvalue weighted by Gasteiger charge is -2.30. The third-order valence-electron chi connectivity index (χ3n) is 4.50. The van der Waals surface area contributed by atoms with Gasteiger partial charge in [-0.2, -0.15) is 0 Å². The molecule has 0 aromatic heterocycles. The van der Waals surface area contributed by atoms with Crippen molar-refractivity contribution >= 4 is 17.5 Å². The zero-order valence-electron chi connectivity index (χ0n) is 12.3. The number of ether oxygens (including phenoxy) is 1. The van der Waals surface area contributed by atoms with Crippen molar-refractivity contribution in [2.75, 3.05) is 39.9 Å². The Hall–Kier alpha value is -1.10. The Balaban J connectivity index is 1.67. The molecule has 5 heteroatoms. The first-order valence-corrected chi connectivity index (χ1v) is 7.73. The summed E-state index contributed by atoms with van der Waals surface area (Å²) in [5.74, 6) is 0.0800. The van der Waals surface area contributed by atoms with Crippen LogP contribution in [-0.2, 0) is 16.1 Å². The molecule has 1 amide bonds. The molecule has 1 aromatic rings. The van der Waals surface area contributed by atoms with E-state index < -0.39 is 0 Å². The third kappa shape index (κ3) is 3.23. The minimum absolute atomic E-state index is 0.0716. The van der Waals surface area contributed by atoms with Gasteiger partial charge in [-0.3, -0.25) is 9.69 Å². The summed E-state index contributed by atoms with van der Waals surface area (Å²) in [7, 11) is 1.87. The standard InChI is InChI=1S/C16H21ClN2O2/c1-18-10-16(12-21-9-15(18)20)6-7-19(11-16)8-13-4-2-3-5-14(13)17/h2-5H,6-12H2,1H3. The molecule has 1 unspecified atom stereocenters. The van der Waals surface area contributed by atoms with Crippen LogP contribution in [0.2, 0.25) is 5.02 Å². The minimum atomic E-state index is 0.0716. The predicted molar refractivity (Wildman–Crippen MR) is 82.2 cm³/mol.